The van der Waals surface area contributed by atoms with Crippen LogP contribution in [-0.4, -0.2) is 56.5 Å². The largest absolute Gasteiger partial charge is 0.394 e. The van der Waals surface area contributed by atoms with Crippen LogP contribution in [0.2, 0.25) is 0 Å². The monoisotopic (exact) mass is 399 g/mol. The molecule has 1 fully saturated rings. The Morgan fingerprint density at radius 2 is 2.21 bits per heavy atom. The van der Waals surface area contributed by atoms with Crippen LogP contribution in [0.15, 0.2) is 42.6 Å². The number of carbonyl (C=O) groups excluding carboxylic acids is 1. The van der Waals surface area contributed by atoms with Crippen LogP contribution in [0.4, 0.5) is 10.2 Å². The van der Waals surface area contributed by atoms with E-state index in [9.17, 15) is 14.3 Å². The van der Waals surface area contributed by atoms with Crippen molar-refractivity contribution in [1.82, 2.24) is 19.9 Å². The summed E-state index contributed by atoms with van der Waals surface area (Å²) in [6, 6.07) is 10.2. The summed E-state index contributed by atoms with van der Waals surface area (Å²) < 4.78 is 15.1. The SMILES string of the molecule is O=C(NCC(O)CO)c1cnc2ccc(N3CCCC3c3cccc(F)c3)nn12. The van der Waals surface area contributed by atoms with Crippen molar-refractivity contribution < 1.29 is 19.4 Å². The van der Waals surface area contributed by atoms with E-state index in [-0.39, 0.29) is 24.1 Å². The van der Waals surface area contributed by atoms with Crippen LogP contribution in [0.3, 0.4) is 0 Å². The van der Waals surface area contributed by atoms with Gasteiger partial charge < -0.3 is 20.4 Å². The van der Waals surface area contributed by atoms with Crippen LogP contribution in [0.25, 0.3) is 5.65 Å². The zero-order valence-electron chi connectivity index (χ0n) is 15.7. The maximum Gasteiger partial charge on any atom is 0.271 e. The van der Waals surface area contributed by atoms with Gasteiger partial charge in [0.25, 0.3) is 5.91 Å². The molecule has 1 aliphatic rings. The Kier molecular flexibility index (Phi) is 5.41. The lowest BCUT2D eigenvalue weighted by Gasteiger charge is -2.26. The van der Waals surface area contributed by atoms with E-state index in [0.717, 1.165) is 24.9 Å². The van der Waals surface area contributed by atoms with Crippen molar-refractivity contribution in [1.29, 1.82) is 0 Å². The molecule has 0 bridgehead atoms. The normalized spacial score (nSPS) is 17.6. The third kappa shape index (κ3) is 3.92. The number of aromatic nitrogens is 3. The number of amides is 1. The Hall–Kier alpha value is -3.04. The summed E-state index contributed by atoms with van der Waals surface area (Å²) in [4.78, 5) is 18.7. The number of imidazole rings is 1. The van der Waals surface area contributed by atoms with Crippen molar-refractivity contribution >= 4 is 17.4 Å². The molecule has 2 aromatic heterocycles. The highest BCUT2D eigenvalue weighted by atomic mass is 19.1. The number of fused-ring (bicyclic) bond motifs is 1. The lowest BCUT2D eigenvalue weighted by atomic mass is 10.0. The number of aliphatic hydroxyl groups excluding tert-OH is 2. The molecule has 1 saturated heterocycles. The molecule has 0 aliphatic carbocycles. The predicted molar refractivity (Wildman–Crippen MR) is 104 cm³/mol. The summed E-state index contributed by atoms with van der Waals surface area (Å²) >= 11 is 0. The minimum Gasteiger partial charge on any atom is -0.394 e. The first-order valence-electron chi connectivity index (χ1n) is 9.51. The molecule has 1 amide bonds. The van der Waals surface area contributed by atoms with Gasteiger partial charge in [-0.15, -0.1) is 5.10 Å². The molecule has 0 radical (unpaired) electrons. The van der Waals surface area contributed by atoms with Gasteiger partial charge >= 0.3 is 0 Å². The van der Waals surface area contributed by atoms with Crippen LogP contribution in [0.1, 0.15) is 34.9 Å². The molecular weight excluding hydrogens is 377 g/mol. The lowest BCUT2D eigenvalue weighted by Crippen LogP contribution is -2.34. The van der Waals surface area contributed by atoms with E-state index in [2.05, 4.69) is 20.3 Å². The second-order valence-electron chi connectivity index (χ2n) is 7.06. The molecule has 9 heteroatoms. The highest BCUT2D eigenvalue weighted by molar-refractivity contribution is 5.93. The first-order chi connectivity index (χ1) is 14.1. The summed E-state index contributed by atoms with van der Waals surface area (Å²) in [6.07, 6.45) is 2.23. The molecular formula is C20H22FN5O3. The quantitative estimate of drug-likeness (QED) is 0.577. The fraction of sp³-hybridized carbons (Fsp3) is 0.350. The molecule has 3 heterocycles. The molecule has 3 N–H and O–H groups in total. The van der Waals surface area contributed by atoms with Crippen molar-refractivity contribution in [3.63, 3.8) is 0 Å². The first-order valence-corrected chi connectivity index (χ1v) is 9.51. The Bertz CT molecular complexity index is 1020. The van der Waals surface area contributed by atoms with Crippen molar-refractivity contribution in [2.75, 3.05) is 24.6 Å². The van der Waals surface area contributed by atoms with Crippen molar-refractivity contribution in [2.45, 2.75) is 25.0 Å². The Morgan fingerprint density at radius 1 is 1.34 bits per heavy atom. The van der Waals surface area contributed by atoms with Gasteiger partial charge in [0.05, 0.1) is 24.9 Å². The van der Waals surface area contributed by atoms with Gasteiger partial charge in [0, 0.05) is 13.1 Å². The van der Waals surface area contributed by atoms with Crippen molar-refractivity contribution in [3.05, 3.63) is 59.7 Å². The van der Waals surface area contributed by atoms with Crippen molar-refractivity contribution in [3.8, 4) is 0 Å². The fourth-order valence-electron chi connectivity index (χ4n) is 3.64. The fourth-order valence-corrected chi connectivity index (χ4v) is 3.64. The summed E-state index contributed by atoms with van der Waals surface area (Å²) in [5.41, 5.74) is 1.64. The van der Waals surface area contributed by atoms with Gasteiger partial charge in [-0.1, -0.05) is 12.1 Å². The third-order valence-electron chi connectivity index (χ3n) is 5.07. The van der Waals surface area contributed by atoms with E-state index in [1.807, 2.05) is 12.1 Å². The molecule has 29 heavy (non-hydrogen) atoms. The van der Waals surface area contributed by atoms with E-state index in [0.29, 0.717) is 11.5 Å². The molecule has 0 saturated carbocycles. The van der Waals surface area contributed by atoms with Crippen LogP contribution in [0, 0.1) is 5.82 Å². The van der Waals surface area contributed by atoms with E-state index in [4.69, 9.17) is 5.11 Å². The van der Waals surface area contributed by atoms with Gasteiger partial charge in [-0.3, -0.25) is 4.79 Å². The van der Waals surface area contributed by atoms with E-state index >= 15 is 0 Å². The second kappa shape index (κ2) is 8.14. The molecule has 2 atom stereocenters. The molecule has 3 aromatic rings. The van der Waals surface area contributed by atoms with Crippen LogP contribution in [0.5, 0.6) is 0 Å². The molecule has 1 aliphatic heterocycles. The number of benzene rings is 1. The zero-order valence-corrected chi connectivity index (χ0v) is 15.7. The van der Waals surface area contributed by atoms with E-state index in [1.165, 1.54) is 16.8 Å². The van der Waals surface area contributed by atoms with E-state index < -0.39 is 18.6 Å². The highest BCUT2D eigenvalue weighted by Gasteiger charge is 2.28. The van der Waals surface area contributed by atoms with Crippen molar-refractivity contribution in [2.24, 2.45) is 0 Å². The highest BCUT2D eigenvalue weighted by Crippen LogP contribution is 2.35. The number of hydrogen-bond acceptors (Lipinski definition) is 6. The number of aliphatic hydroxyl groups is 2. The van der Waals surface area contributed by atoms with Gasteiger partial charge in [0.1, 0.15) is 11.6 Å². The predicted octanol–water partition coefficient (Wildman–Crippen LogP) is 1.29. The Morgan fingerprint density at radius 3 is 3.00 bits per heavy atom. The number of nitrogens with one attached hydrogen (secondary N) is 1. The molecule has 2 unspecified atom stereocenters. The van der Waals surface area contributed by atoms with Gasteiger partial charge in [-0.2, -0.15) is 0 Å². The minimum absolute atomic E-state index is 0.0103. The van der Waals surface area contributed by atoms with Gasteiger partial charge in [-0.05, 0) is 42.7 Å². The zero-order chi connectivity index (χ0) is 20.4. The average molecular weight is 399 g/mol. The number of anilines is 1. The number of carbonyl (C=O) groups is 1. The molecule has 4 rings (SSSR count). The second-order valence-corrected chi connectivity index (χ2v) is 7.06. The van der Waals surface area contributed by atoms with Gasteiger partial charge in [0.2, 0.25) is 0 Å². The molecule has 1 aromatic carbocycles. The maximum absolute atomic E-state index is 13.7. The summed E-state index contributed by atoms with van der Waals surface area (Å²) in [6.45, 7) is 0.265. The number of halogens is 1. The van der Waals surface area contributed by atoms with Crippen LogP contribution in [-0.2, 0) is 0 Å². The number of nitrogens with zero attached hydrogens (tertiary/aromatic N) is 4. The summed E-state index contributed by atoms with van der Waals surface area (Å²) in [5.74, 6) is -0.0409. The summed E-state index contributed by atoms with van der Waals surface area (Å²) in [5, 5.41) is 25.5. The number of hydrogen-bond donors (Lipinski definition) is 3. The summed E-state index contributed by atoms with van der Waals surface area (Å²) in [7, 11) is 0. The van der Waals surface area contributed by atoms with Gasteiger partial charge in [0.15, 0.2) is 11.3 Å². The standard InChI is InChI=1S/C20H22FN5O3/c21-14-4-1-3-13(9-14)16-5-2-8-25(16)19-7-6-18-22-11-17(26(18)24-19)20(29)23-10-15(28)12-27/h1,3-4,6-7,9,11,15-16,27-28H,2,5,8,10,12H2,(H,23,29). The molecule has 0 spiro atoms. The number of rotatable bonds is 6. The van der Waals surface area contributed by atoms with E-state index in [1.54, 1.807) is 18.2 Å². The minimum atomic E-state index is -1.03. The smallest absolute Gasteiger partial charge is 0.271 e. The molecule has 152 valence electrons. The van der Waals surface area contributed by atoms with Gasteiger partial charge in [-0.25, -0.2) is 13.9 Å². The lowest BCUT2D eigenvalue weighted by molar-refractivity contribution is 0.0797. The maximum atomic E-state index is 13.7. The topological polar surface area (TPSA) is 103 Å². The third-order valence-corrected chi connectivity index (χ3v) is 5.07. The molecule has 8 nitrogen and oxygen atoms in total. The first kappa shape index (κ1) is 19.3. The average Bonchev–Trinajstić information content (AvgIpc) is 3.38. The Labute approximate surface area is 166 Å². The van der Waals surface area contributed by atoms with Crippen LogP contribution < -0.4 is 10.2 Å². The Balaban J connectivity index is 1.62. The van der Waals surface area contributed by atoms with Crippen LogP contribution >= 0.6 is 0 Å².